The molecule has 0 aliphatic carbocycles. The molecule has 34 heavy (non-hydrogen) atoms. The van der Waals surface area contributed by atoms with Gasteiger partial charge in [0.2, 0.25) is 0 Å². The summed E-state index contributed by atoms with van der Waals surface area (Å²) in [7, 11) is 0. The van der Waals surface area contributed by atoms with E-state index in [1.165, 1.54) is 12.1 Å². The smallest absolute Gasteiger partial charge is 0.420 e. The largest absolute Gasteiger partial charge is 0.478 e. The van der Waals surface area contributed by atoms with Gasteiger partial charge in [-0.05, 0) is 49.1 Å². The predicted octanol–water partition coefficient (Wildman–Crippen LogP) is 4.95. The molecule has 0 atom stereocenters. The average molecular weight is 499 g/mol. The number of nitrogens with zero attached hydrogens (tertiary/aromatic N) is 2. The van der Waals surface area contributed by atoms with Crippen LogP contribution < -0.4 is 4.74 Å². The number of alkyl halides is 3. The van der Waals surface area contributed by atoms with Crippen molar-refractivity contribution >= 4 is 23.5 Å². The fraction of sp³-hybridized carbons (Fsp3) is 0.348. The van der Waals surface area contributed by atoms with Crippen molar-refractivity contribution in [3.8, 4) is 11.8 Å². The molecular weight excluding hydrogens is 480 g/mol. The second-order valence-corrected chi connectivity index (χ2v) is 8.51. The van der Waals surface area contributed by atoms with Crippen molar-refractivity contribution in [1.29, 1.82) is 5.26 Å². The molecule has 0 spiro atoms. The van der Waals surface area contributed by atoms with Crippen LogP contribution in [0.2, 0.25) is 5.02 Å². The molecule has 1 heterocycles. The molecule has 180 valence electrons. The minimum Gasteiger partial charge on any atom is -0.478 e. The highest BCUT2D eigenvalue weighted by atomic mass is 35.5. The number of carbonyl (C=O) groups excluding carboxylic acids is 1. The van der Waals surface area contributed by atoms with E-state index in [1.54, 1.807) is 17.0 Å². The molecule has 0 bridgehead atoms. The summed E-state index contributed by atoms with van der Waals surface area (Å²) in [5.41, 5.74) is -2.28. The molecule has 2 aromatic carbocycles. The van der Waals surface area contributed by atoms with Gasteiger partial charge in [-0.2, -0.15) is 18.4 Å². The van der Waals surface area contributed by atoms with E-state index in [0.717, 1.165) is 11.6 Å². The molecule has 11 heteroatoms. The molecule has 0 radical (unpaired) electrons. The Balaban J connectivity index is 1.68. The van der Waals surface area contributed by atoms with Crippen LogP contribution in [-0.2, 0) is 17.4 Å². The summed E-state index contributed by atoms with van der Waals surface area (Å²) in [6, 6.07) is 9.39. The van der Waals surface area contributed by atoms with Crippen LogP contribution in [-0.4, -0.2) is 41.6 Å². The molecule has 1 N–H and O–H groups in total. The number of carboxylic acids is 1. The fourth-order valence-electron chi connectivity index (χ4n) is 3.86. The second kappa shape index (κ2) is 9.99. The Morgan fingerprint density at radius 1 is 1.18 bits per heavy atom. The van der Waals surface area contributed by atoms with E-state index in [2.05, 4.69) is 6.07 Å². The van der Waals surface area contributed by atoms with Crippen molar-refractivity contribution < 1.29 is 37.0 Å². The quantitative estimate of drug-likeness (QED) is 0.344. The van der Waals surface area contributed by atoms with Gasteiger partial charge in [0.25, 0.3) is 0 Å². The highest BCUT2D eigenvalue weighted by Gasteiger charge is 2.39. The van der Waals surface area contributed by atoms with Gasteiger partial charge in [0.1, 0.15) is 16.9 Å². The van der Waals surface area contributed by atoms with Crippen molar-refractivity contribution in [2.24, 2.45) is 5.41 Å². The molecule has 3 rings (SSSR count). The number of esters is 1. The summed E-state index contributed by atoms with van der Waals surface area (Å²) in [4.78, 5) is 25.5. The highest BCUT2D eigenvalue weighted by Crippen LogP contribution is 2.40. The maximum absolute atomic E-state index is 13.4. The number of halogens is 5. The van der Waals surface area contributed by atoms with Crippen molar-refractivity contribution in [2.45, 2.75) is 25.4 Å². The number of benzene rings is 2. The molecule has 1 aliphatic rings. The van der Waals surface area contributed by atoms with E-state index in [0.29, 0.717) is 38.4 Å². The number of ether oxygens (including phenoxy) is 1. The second-order valence-electron chi connectivity index (χ2n) is 8.08. The van der Waals surface area contributed by atoms with Crippen LogP contribution in [0.4, 0.5) is 17.6 Å². The van der Waals surface area contributed by atoms with Crippen LogP contribution in [0.1, 0.15) is 34.3 Å². The molecule has 0 saturated carbocycles. The van der Waals surface area contributed by atoms with Crippen LogP contribution in [0, 0.1) is 22.6 Å². The van der Waals surface area contributed by atoms with E-state index in [1.807, 2.05) is 0 Å². The van der Waals surface area contributed by atoms with Gasteiger partial charge in [-0.15, -0.1) is 0 Å². The first kappa shape index (κ1) is 25.5. The number of nitriles is 1. The minimum atomic E-state index is -5.00. The monoisotopic (exact) mass is 498 g/mol. The van der Waals surface area contributed by atoms with E-state index >= 15 is 0 Å². The Hall–Kier alpha value is -3.16. The standard InChI is InChI=1S/C23H19ClF4N2O4/c24-15-9-17(21(32)33)20(18(10-15)23(26,27)28)34-19(31)12-30-7-5-22(13-29,6-8-30)11-14-1-3-16(25)4-2-14/h1-4,9-10H,5-8,11-12H2,(H,32,33). The van der Waals surface area contributed by atoms with Crippen molar-refractivity contribution in [3.05, 3.63) is 63.9 Å². The third kappa shape index (κ3) is 6.04. The van der Waals surface area contributed by atoms with E-state index < -0.39 is 52.0 Å². The number of hydrogen-bond acceptors (Lipinski definition) is 5. The van der Waals surface area contributed by atoms with Crippen LogP contribution in [0.5, 0.6) is 5.75 Å². The zero-order valence-electron chi connectivity index (χ0n) is 17.7. The molecule has 0 amide bonds. The number of rotatable bonds is 6. The summed E-state index contributed by atoms with van der Waals surface area (Å²) in [6.45, 7) is 0.196. The molecule has 1 fully saturated rings. The van der Waals surface area contributed by atoms with Crippen molar-refractivity contribution in [1.82, 2.24) is 4.90 Å². The molecule has 0 unspecified atom stereocenters. The van der Waals surface area contributed by atoms with Gasteiger partial charge < -0.3 is 9.84 Å². The zero-order valence-corrected chi connectivity index (χ0v) is 18.4. The van der Waals surface area contributed by atoms with Gasteiger partial charge in [-0.3, -0.25) is 9.69 Å². The van der Waals surface area contributed by atoms with E-state index in [9.17, 15) is 37.5 Å². The predicted molar refractivity (Wildman–Crippen MR) is 113 cm³/mol. The van der Waals surface area contributed by atoms with Gasteiger partial charge in [-0.25, -0.2) is 9.18 Å². The average Bonchev–Trinajstić information content (AvgIpc) is 2.77. The normalized spacial score (nSPS) is 16.0. The maximum atomic E-state index is 13.4. The van der Waals surface area contributed by atoms with Gasteiger partial charge >= 0.3 is 18.1 Å². The Morgan fingerprint density at radius 2 is 1.79 bits per heavy atom. The van der Waals surface area contributed by atoms with Gasteiger partial charge in [0, 0.05) is 18.1 Å². The number of likely N-dealkylation sites (tertiary alicyclic amines) is 1. The number of carboxylic acid groups (broad SMARTS) is 1. The van der Waals surface area contributed by atoms with Crippen LogP contribution >= 0.6 is 11.6 Å². The van der Waals surface area contributed by atoms with Gasteiger partial charge in [0.05, 0.1) is 18.0 Å². The lowest BCUT2D eigenvalue weighted by Crippen LogP contribution is -2.43. The zero-order chi connectivity index (χ0) is 25.1. The third-order valence-corrected chi connectivity index (χ3v) is 5.88. The van der Waals surface area contributed by atoms with Gasteiger partial charge in [-0.1, -0.05) is 23.7 Å². The summed E-state index contributed by atoms with van der Waals surface area (Å²) in [5.74, 6) is -4.30. The summed E-state index contributed by atoms with van der Waals surface area (Å²) >= 11 is 5.61. The van der Waals surface area contributed by atoms with Gasteiger partial charge in [0.15, 0.2) is 5.75 Å². The summed E-state index contributed by atoms with van der Waals surface area (Å²) in [6.07, 6.45) is -3.85. The molecule has 6 nitrogen and oxygen atoms in total. The summed E-state index contributed by atoms with van der Waals surface area (Å²) in [5, 5.41) is 18.5. The van der Waals surface area contributed by atoms with E-state index in [-0.39, 0.29) is 5.82 Å². The molecule has 1 aliphatic heterocycles. The van der Waals surface area contributed by atoms with Crippen LogP contribution in [0.15, 0.2) is 36.4 Å². The maximum Gasteiger partial charge on any atom is 0.420 e. The number of piperidine rings is 1. The van der Waals surface area contributed by atoms with Crippen LogP contribution in [0.3, 0.4) is 0 Å². The molecular formula is C23H19ClF4N2O4. The SMILES string of the molecule is N#CC1(Cc2ccc(F)cc2)CCN(CC(=O)Oc2c(C(=O)O)cc(Cl)cc2C(F)(F)F)CC1. The topological polar surface area (TPSA) is 90.6 Å². The highest BCUT2D eigenvalue weighted by molar-refractivity contribution is 6.31. The lowest BCUT2D eigenvalue weighted by molar-refractivity contribution is -0.143. The number of aromatic carboxylic acids is 1. The molecule has 2 aromatic rings. The molecule has 1 saturated heterocycles. The Morgan fingerprint density at radius 3 is 2.32 bits per heavy atom. The fourth-order valence-corrected chi connectivity index (χ4v) is 4.08. The molecule has 0 aromatic heterocycles. The number of carbonyl (C=O) groups is 2. The first-order valence-corrected chi connectivity index (χ1v) is 10.5. The van der Waals surface area contributed by atoms with Crippen molar-refractivity contribution in [2.75, 3.05) is 19.6 Å². The Bertz CT molecular complexity index is 1120. The minimum absolute atomic E-state index is 0.294. The first-order valence-electron chi connectivity index (χ1n) is 10.2. The Labute approximate surface area is 197 Å². The van der Waals surface area contributed by atoms with E-state index in [4.69, 9.17) is 16.3 Å². The first-order chi connectivity index (χ1) is 15.9. The van der Waals surface area contributed by atoms with Crippen LogP contribution in [0.25, 0.3) is 0 Å². The lowest BCUT2D eigenvalue weighted by atomic mass is 9.75. The number of hydrogen-bond donors (Lipinski definition) is 1. The lowest BCUT2D eigenvalue weighted by Gasteiger charge is -2.37. The summed E-state index contributed by atoms with van der Waals surface area (Å²) < 4.78 is 58.2. The Kier molecular flexibility index (Phi) is 7.48. The van der Waals surface area contributed by atoms with Crippen molar-refractivity contribution in [3.63, 3.8) is 0 Å². The third-order valence-electron chi connectivity index (χ3n) is 5.66.